The maximum Gasteiger partial charge on any atom is 0.116 e. The van der Waals surface area contributed by atoms with Crippen molar-refractivity contribution in [3.8, 4) is 0 Å². The fourth-order valence-corrected chi connectivity index (χ4v) is 3.10. The number of thiophene rings is 1. The second-order valence-corrected chi connectivity index (χ2v) is 4.64. The lowest BCUT2D eigenvalue weighted by atomic mass is 10.2. The smallest absolute Gasteiger partial charge is 0.116 e. The van der Waals surface area contributed by atoms with E-state index in [1.165, 1.54) is 15.5 Å². The van der Waals surface area contributed by atoms with Gasteiger partial charge in [0.2, 0.25) is 0 Å². The quantitative estimate of drug-likeness (QED) is 0.501. The predicted molar refractivity (Wildman–Crippen MR) is 64.6 cm³/mol. The van der Waals surface area contributed by atoms with Crippen molar-refractivity contribution in [2.24, 2.45) is 0 Å². The number of hydrogen-bond donors (Lipinski definition) is 1. The van der Waals surface area contributed by atoms with Crippen LogP contribution in [-0.2, 0) is 0 Å². The fourth-order valence-electron chi connectivity index (χ4n) is 2.02. The third kappa shape index (κ3) is 0.906. The Morgan fingerprint density at radius 3 is 3.19 bits per heavy atom. The summed E-state index contributed by atoms with van der Waals surface area (Å²) in [6.45, 7) is 0. The van der Waals surface area contributed by atoms with E-state index in [1.807, 2.05) is 24.7 Å². The molecule has 0 aliphatic carbocycles. The molecule has 0 saturated heterocycles. The van der Waals surface area contributed by atoms with Crippen molar-refractivity contribution in [1.82, 2.24) is 19.9 Å². The molecule has 5 heteroatoms. The molecular formula is C11H6N4S. The molecule has 0 aromatic carbocycles. The van der Waals surface area contributed by atoms with Crippen molar-refractivity contribution in [2.45, 2.75) is 0 Å². The van der Waals surface area contributed by atoms with Crippen molar-refractivity contribution >= 4 is 42.7 Å². The van der Waals surface area contributed by atoms with Gasteiger partial charge in [-0.05, 0) is 6.07 Å². The van der Waals surface area contributed by atoms with Gasteiger partial charge in [-0.15, -0.1) is 11.3 Å². The molecule has 4 heterocycles. The maximum absolute atomic E-state index is 4.34. The zero-order chi connectivity index (χ0) is 10.5. The molecule has 0 atom stereocenters. The first-order valence-electron chi connectivity index (χ1n) is 4.87. The number of H-pyrrole nitrogens is 1. The molecule has 0 fully saturated rings. The van der Waals surface area contributed by atoms with Gasteiger partial charge in [0.05, 0.1) is 16.4 Å². The van der Waals surface area contributed by atoms with Crippen LogP contribution in [0.5, 0.6) is 0 Å². The number of nitrogens with zero attached hydrogens (tertiary/aromatic N) is 3. The van der Waals surface area contributed by atoms with Crippen molar-refractivity contribution in [2.75, 3.05) is 0 Å². The Kier molecular flexibility index (Phi) is 1.41. The molecule has 4 aromatic rings. The largest absolute Gasteiger partial charge is 0.344 e. The molecule has 0 saturated carbocycles. The van der Waals surface area contributed by atoms with E-state index in [0.717, 1.165) is 15.9 Å². The summed E-state index contributed by atoms with van der Waals surface area (Å²) >= 11 is 1.70. The van der Waals surface area contributed by atoms with Gasteiger partial charge >= 0.3 is 0 Å². The van der Waals surface area contributed by atoms with E-state index in [4.69, 9.17) is 0 Å². The molecule has 0 radical (unpaired) electrons. The van der Waals surface area contributed by atoms with Crippen LogP contribution < -0.4 is 0 Å². The van der Waals surface area contributed by atoms with Gasteiger partial charge in [-0.1, -0.05) is 0 Å². The van der Waals surface area contributed by atoms with E-state index in [1.54, 1.807) is 17.7 Å². The van der Waals surface area contributed by atoms with Gasteiger partial charge in [0.15, 0.2) is 0 Å². The summed E-state index contributed by atoms with van der Waals surface area (Å²) in [5.41, 5.74) is 1.98. The van der Waals surface area contributed by atoms with Crippen LogP contribution in [0, 0.1) is 0 Å². The Bertz CT molecular complexity index is 749. The van der Waals surface area contributed by atoms with Crippen LogP contribution in [0.4, 0.5) is 0 Å². The zero-order valence-corrected chi connectivity index (χ0v) is 8.95. The van der Waals surface area contributed by atoms with Crippen LogP contribution in [0.1, 0.15) is 0 Å². The van der Waals surface area contributed by atoms with E-state index in [0.29, 0.717) is 0 Å². The fraction of sp³-hybridized carbons (Fsp3) is 0. The molecule has 0 amide bonds. The van der Waals surface area contributed by atoms with Gasteiger partial charge in [0.25, 0.3) is 0 Å². The van der Waals surface area contributed by atoms with Crippen LogP contribution >= 0.6 is 11.3 Å². The standard InChI is InChI=1S/C11H6N4S/c1-2-12-4-8-6(1)9-10-7(3-13-5-14-10)15-11(9)16-8/h1-5,15H. The molecule has 4 aromatic heterocycles. The first-order valence-corrected chi connectivity index (χ1v) is 5.69. The van der Waals surface area contributed by atoms with Crippen LogP contribution in [0.15, 0.2) is 31.0 Å². The van der Waals surface area contributed by atoms with Crippen LogP contribution in [-0.4, -0.2) is 19.9 Å². The number of aromatic amines is 1. The monoisotopic (exact) mass is 226 g/mol. The molecule has 0 spiro atoms. The third-order valence-corrected chi connectivity index (χ3v) is 3.75. The Morgan fingerprint density at radius 1 is 1.19 bits per heavy atom. The van der Waals surface area contributed by atoms with E-state index >= 15 is 0 Å². The van der Waals surface area contributed by atoms with Gasteiger partial charge in [0, 0.05) is 23.2 Å². The summed E-state index contributed by atoms with van der Waals surface area (Å²) in [6.07, 6.45) is 7.10. The van der Waals surface area contributed by atoms with E-state index in [9.17, 15) is 0 Å². The zero-order valence-electron chi connectivity index (χ0n) is 8.14. The Balaban J connectivity index is 2.38. The third-order valence-electron chi connectivity index (χ3n) is 2.69. The van der Waals surface area contributed by atoms with Crippen LogP contribution in [0.2, 0.25) is 0 Å². The number of pyridine rings is 1. The van der Waals surface area contributed by atoms with Crippen molar-refractivity contribution in [3.63, 3.8) is 0 Å². The molecule has 0 aliphatic rings. The predicted octanol–water partition coefficient (Wildman–Crippen LogP) is 2.72. The highest BCUT2D eigenvalue weighted by Gasteiger charge is 2.11. The van der Waals surface area contributed by atoms with E-state index in [-0.39, 0.29) is 0 Å². The lowest BCUT2D eigenvalue weighted by Crippen LogP contribution is -1.77. The number of fused-ring (bicyclic) bond motifs is 5. The normalized spacial score (nSPS) is 11.8. The van der Waals surface area contributed by atoms with Crippen molar-refractivity contribution < 1.29 is 0 Å². The van der Waals surface area contributed by atoms with Crippen molar-refractivity contribution in [3.05, 3.63) is 31.0 Å². The minimum absolute atomic E-state index is 0.988. The van der Waals surface area contributed by atoms with Crippen LogP contribution in [0.3, 0.4) is 0 Å². The maximum atomic E-state index is 4.34. The first kappa shape index (κ1) is 8.18. The summed E-state index contributed by atoms with van der Waals surface area (Å²) in [5, 5.41) is 2.39. The minimum Gasteiger partial charge on any atom is -0.344 e. The van der Waals surface area contributed by atoms with Crippen molar-refractivity contribution in [1.29, 1.82) is 0 Å². The first-order chi connectivity index (χ1) is 7.93. The Hall–Kier alpha value is -2.01. The summed E-state index contributed by atoms with van der Waals surface area (Å²) in [4.78, 5) is 17.0. The second-order valence-electron chi connectivity index (χ2n) is 3.59. The topological polar surface area (TPSA) is 54.5 Å². The molecule has 4 rings (SSSR count). The van der Waals surface area contributed by atoms with Gasteiger partial charge in [-0.25, -0.2) is 9.97 Å². The van der Waals surface area contributed by atoms with Gasteiger partial charge < -0.3 is 4.98 Å². The molecule has 0 aliphatic heterocycles. The molecule has 16 heavy (non-hydrogen) atoms. The molecule has 0 unspecified atom stereocenters. The Morgan fingerprint density at radius 2 is 2.19 bits per heavy atom. The Labute approximate surface area is 94.0 Å². The number of hydrogen-bond acceptors (Lipinski definition) is 4. The second kappa shape index (κ2) is 2.76. The summed E-state index contributed by atoms with van der Waals surface area (Å²) in [7, 11) is 0. The lowest BCUT2D eigenvalue weighted by molar-refractivity contribution is 1.22. The van der Waals surface area contributed by atoms with E-state index in [2.05, 4.69) is 19.9 Å². The highest BCUT2D eigenvalue weighted by molar-refractivity contribution is 7.25. The van der Waals surface area contributed by atoms with E-state index < -0.39 is 0 Å². The summed E-state index contributed by atoms with van der Waals surface area (Å²) in [6, 6.07) is 2.03. The van der Waals surface area contributed by atoms with Crippen LogP contribution in [0.25, 0.3) is 31.3 Å². The highest BCUT2D eigenvalue weighted by Crippen LogP contribution is 2.36. The average molecular weight is 226 g/mol. The summed E-state index contributed by atoms with van der Waals surface area (Å²) < 4.78 is 1.18. The number of rotatable bonds is 0. The molecule has 4 nitrogen and oxygen atoms in total. The number of aromatic nitrogens is 4. The summed E-state index contributed by atoms with van der Waals surface area (Å²) in [5.74, 6) is 0. The SMILES string of the molecule is c1cc2c(cn1)sc1[nH]c3cncnc3c12. The van der Waals surface area contributed by atoms with Gasteiger partial charge in [0.1, 0.15) is 16.7 Å². The van der Waals surface area contributed by atoms with Gasteiger partial charge in [-0.3, -0.25) is 4.98 Å². The minimum atomic E-state index is 0.988. The highest BCUT2D eigenvalue weighted by atomic mass is 32.1. The average Bonchev–Trinajstić information content (AvgIpc) is 2.83. The number of nitrogens with one attached hydrogen (secondary N) is 1. The van der Waals surface area contributed by atoms with Gasteiger partial charge in [-0.2, -0.15) is 0 Å². The molecular weight excluding hydrogens is 220 g/mol. The molecule has 76 valence electrons. The lowest BCUT2D eigenvalue weighted by Gasteiger charge is -1.89. The molecule has 1 N–H and O–H groups in total. The molecule has 0 bridgehead atoms.